The first-order chi connectivity index (χ1) is 23.4. The van der Waals surface area contributed by atoms with Gasteiger partial charge in [0.15, 0.2) is 6.33 Å². The monoisotopic (exact) mass is 693 g/mol. The van der Waals surface area contributed by atoms with E-state index < -0.39 is 64.6 Å². The Kier molecular flexibility index (Phi) is 9.37. The van der Waals surface area contributed by atoms with Crippen molar-refractivity contribution >= 4 is 35.2 Å². The second kappa shape index (κ2) is 13.5. The summed E-state index contributed by atoms with van der Waals surface area (Å²) in [7, 11) is 0. The molecule has 0 unspecified atom stereocenters. The molecule has 0 radical (unpaired) electrons. The number of nitrogens with one attached hydrogen (secondary N) is 2. The predicted molar refractivity (Wildman–Crippen MR) is 176 cm³/mol. The number of aliphatic carboxylic acids is 1. The molecule has 3 aromatic heterocycles. The summed E-state index contributed by atoms with van der Waals surface area (Å²) in [6, 6.07) is -1.17. The Balaban J connectivity index is 1.38. The lowest BCUT2D eigenvalue weighted by Crippen LogP contribution is -2.56. The van der Waals surface area contributed by atoms with E-state index >= 15 is 0 Å². The Bertz CT molecular complexity index is 1800. The first-order valence-electron chi connectivity index (χ1n) is 16.3. The number of thiophene rings is 1. The van der Waals surface area contributed by atoms with E-state index in [9.17, 15) is 29.1 Å². The molecule has 16 nitrogen and oxygen atoms in total. The topological polar surface area (TPSA) is 204 Å². The van der Waals surface area contributed by atoms with Crippen LogP contribution in [0.3, 0.4) is 0 Å². The van der Waals surface area contributed by atoms with Gasteiger partial charge in [-0.3, -0.25) is 14.4 Å². The molecule has 6 rings (SSSR count). The van der Waals surface area contributed by atoms with Crippen LogP contribution in [-0.4, -0.2) is 93.6 Å². The van der Waals surface area contributed by atoms with Crippen molar-refractivity contribution in [3.05, 3.63) is 51.9 Å². The maximum absolute atomic E-state index is 14.4. The highest BCUT2D eigenvalue weighted by atomic mass is 32.1. The van der Waals surface area contributed by atoms with E-state index in [1.165, 1.54) is 38.2 Å². The number of carboxylic acids is 1. The zero-order valence-electron chi connectivity index (χ0n) is 27.4. The van der Waals surface area contributed by atoms with Crippen LogP contribution in [0.25, 0.3) is 16.8 Å². The van der Waals surface area contributed by atoms with Gasteiger partial charge in [-0.1, -0.05) is 25.0 Å². The van der Waals surface area contributed by atoms with Gasteiger partial charge in [0.25, 0.3) is 5.56 Å². The zero-order chi connectivity index (χ0) is 34.9. The van der Waals surface area contributed by atoms with Gasteiger partial charge in [-0.25, -0.2) is 14.3 Å². The fraction of sp³-hybridized carbons (Fsp3) is 0.531. The average Bonchev–Trinajstić information content (AvgIpc) is 3.56. The van der Waals surface area contributed by atoms with Crippen molar-refractivity contribution in [2.75, 3.05) is 6.54 Å². The van der Waals surface area contributed by atoms with Gasteiger partial charge in [0.1, 0.15) is 28.9 Å². The summed E-state index contributed by atoms with van der Waals surface area (Å²) in [4.78, 5) is 70.4. The quantitative estimate of drug-likeness (QED) is 0.331. The van der Waals surface area contributed by atoms with Crippen molar-refractivity contribution in [1.82, 2.24) is 45.5 Å². The molecule has 1 aliphatic carbocycles. The van der Waals surface area contributed by atoms with Crippen molar-refractivity contribution in [1.29, 1.82) is 0 Å². The standard InChI is InChI=1S/C32H39N9O7S/c1-31(2,3)48-30(47)36-22-10-8-6-4-5-7-9-20-14-32(20,29(45)46)37-26(42)23-13-21(16-39(23)27(22)43)40-28(44)25(19-11-12-49-17-19)24(15-34-40)41-35-18-33-38-41/h7,9,11-12,15,17-18,20-23H,4-6,8,10,13-14,16H2,1-3H3,(H,36,47)(H,37,42)(H,45,46)/b9-7-/t20-,21-,22+,23+,32-/m1/s1. The summed E-state index contributed by atoms with van der Waals surface area (Å²) in [5, 5.41) is 35.4. The molecule has 0 bridgehead atoms. The molecule has 5 heterocycles. The fourth-order valence-corrected chi connectivity index (χ4v) is 7.18. The van der Waals surface area contributed by atoms with E-state index in [0.29, 0.717) is 24.1 Å². The van der Waals surface area contributed by atoms with Crippen molar-refractivity contribution in [3.63, 3.8) is 0 Å². The first kappa shape index (κ1) is 34.0. The van der Waals surface area contributed by atoms with Crippen LogP contribution in [0.2, 0.25) is 0 Å². The van der Waals surface area contributed by atoms with Crippen LogP contribution in [-0.2, 0) is 19.1 Å². The van der Waals surface area contributed by atoms with Gasteiger partial charge in [0.2, 0.25) is 11.8 Å². The Morgan fingerprint density at radius 2 is 1.98 bits per heavy atom. The molecule has 1 saturated heterocycles. The lowest BCUT2D eigenvalue weighted by molar-refractivity contribution is -0.145. The summed E-state index contributed by atoms with van der Waals surface area (Å²) in [5.74, 6) is -2.74. The third kappa shape index (κ3) is 7.11. The molecule has 3 amide bonds. The van der Waals surface area contributed by atoms with Gasteiger partial charge in [-0.15, -0.1) is 15.0 Å². The summed E-state index contributed by atoms with van der Waals surface area (Å²) in [5.41, 5.74) is -1.63. The minimum absolute atomic E-state index is 0.0240. The lowest BCUT2D eigenvalue weighted by atomic mass is 10.0. The third-order valence-electron chi connectivity index (χ3n) is 9.03. The summed E-state index contributed by atoms with van der Waals surface area (Å²) in [6.45, 7) is 5.05. The predicted octanol–water partition coefficient (Wildman–Crippen LogP) is 2.46. The zero-order valence-corrected chi connectivity index (χ0v) is 28.3. The molecule has 3 N–H and O–H groups in total. The molecular formula is C32H39N9O7S. The Morgan fingerprint density at radius 3 is 2.67 bits per heavy atom. The van der Waals surface area contributed by atoms with Crippen molar-refractivity contribution < 1.29 is 29.0 Å². The lowest BCUT2D eigenvalue weighted by Gasteiger charge is -2.30. The third-order valence-corrected chi connectivity index (χ3v) is 9.71. The molecule has 3 aliphatic rings. The largest absolute Gasteiger partial charge is 0.479 e. The Morgan fingerprint density at radius 1 is 1.16 bits per heavy atom. The number of fused-ring (bicyclic) bond motifs is 2. The molecule has 49 heavy (non-hydrogen) atoms. The molecule has 3 aromatic rings. The highest BCUT2D eigenvalue weighted by molar-refractivity contribution is 7.08. The van der Waals surface area contributed by atoms with Crippen LogP contribution < -0.4 is 16.2 Å². The van der Waals surface area contributed by atoms with E-state index in [1.54, 1.807) is 32.2 Å². The molecule has 260 valence electrons. The maximum Gasteiger partial charge on any atom is 0.408 e. The van der Waals surface area contributed by atoms with Crippen LogP contribution in [0.5, 0.6) is 0 Å². The maximum atomic E-state index is 14.4. The SMILES string of the molecule is CC(C)(C)OC(=O)N[C@H]1CCCCC/C=C\[C@@H]2C[C@@]2(C(=O)O)NC(=O)[C@@H]2C[C@@H](n3ncc(-n4ncnn4)c(-c4ccsc4)c3=O)CN2C1=O. The number of allylic oxidation sites excluding steroid dienone is 1. The number of amides is 3. The highest BCUT2D eigenvalue weighted by Gasteiger charge is 2.61. The van der Waals surface area contributed by atoms with E-state index in [-0.39, 0.29) is 24.9 Å². The number of hydrogen-bond acceptors (Lipinski definition) is 11. The molecule has 2 aliphatic heterocycles. The van der Waals surface area contributed by atoms with E-state index in [2.05, 4.69) is 31.1 Å². The number of tetrazole rings is 1. The number of ether oxygens (including phenoxy) is 1. The molecule has 0 aromatic carbocycles. The molecule has 2 fully saturated rings. The minimum Gasteiger partial charge on any atom is -0.479 e. The normalized spacial score (nSPS) is 26.8. The van der Waals surface area contributed by atoms with Gasteiger partial charge in [-0.2, -0.15) is 16.4 Å². The van der Waals surface area contributed by atoms with Gasteiger partial charge in [0, 0.05) is 24.4 Å². The number of carboxylic acid groups (broad SMARTS) is 1. The van der Waals surface area contributed by atoms with Crippen LogP contribution in [0.4, 0.5) is 4.79 Å². The van der Waals surface area contributed by atoms with Crippen LogP contribution in [0.15, 0.2) is 46.3 Å². The van der Waals surface area contributed by atoms with Gasteiger partial charge < -0.3 is 25.4 Å². The average molecular weight is 694 g/mol. The summed E-state index contributed by atoms with van der Waals surface area (Å²) in [6.07, 6.45) is 9.05. The Hall–Kier alpha value is -4.93. The molecule has 5 atom stereocenters. The second-order valence-corrected chi connectivity index (χ2v) is 14.4. The Labute approximate surface area is 285 Å². The second-order valence-electron chi connectivity index (χ2n) is 13.6. The van der Waals surface area contributed by atoms with E-state index in [4.69, 9.17) is 4.74 Å². The number of hydrogen-bond donors (Lipinski definition) is 3. The van der Waals surface area contributed by atoms with Gasteiger partial charge in [0.05, 0.1) is 17.8 Å². The van der Waals surface area contributed by atoms with Crippen LogP contribution >= 0.6 is 11.3 Å². The van der Waals surface area contributed by atoms with E-state index in [0.717, 1.165) is 19.3 Å². The number of nitrogens with zero attached hydrogens (tertiary/aromatic N) is 7. The van der Waals surface area contributed by atoms with Crippen molar-refractivity contribution in [3.8, 4) is 16.8 Å². The summed E-state index contributed by atoms with van der Waals surface area (Å²) < 4.78 is 6.70. The molecule has 0 spiro atoms. The number of carbonyl (C=O) groups excluding carboxylic acids is 3. The summed E-state index contributed by atoms with van der Waals surface area (Å²) >= 11 is 1.40. The first-order valence-corrected chi connectivity index (χ1v) is 17.2. The van der Waals surface area contributed by atoms with Crippen LogP contribution in [0.1, 0.15) is 71.8 Å². The number of carbonyl (C=O) groups is 4. The molecule has 17 heteroatoms. The number of aromatic nitrogens is 6. The van der Waals surface area contributed by atoms with Crippen LogP contribution in [0, 0.1) is 5.92 Å². The number of rotatable bonds is 5. The van der Waals surface area contributed by atoms with Gasteiger partial charge in [-0.05, 0) is 68.5 Å². The van der Waals surface area contributed by atoms with E-state index in [1.807, 2.05) is 17.5 Å². The van der Waals surface area contributed by atoms with Gasteiger partial charge >= 0.3 is 12.1 Å². The highest BCUT2D eigenvalue weighted by Crippen LogP contribution is 2.45. The number of alkyl carbamates (subject to hydrolysis) is 1. The van der Waals surface area contributed by atoms with Crippen molar-refractivity contribution in [2.24, 2.45) is 5.92 Å². The minimum atomic E-state index is -1.50. The van der Waals surface area contributed by atoms with Crippen molar-refractivity contribution in [2.45, 2.75) is 95.0 Å². The smallest absolute Gasteiger partial charge is 0.408 e. The molecule has 1 saturated carbocycles. The molecular weight excluding hydrogens is 654 g/mol. The fourth-order valence-electron chi connectivity index (χ4n) is 6.53.